The van der Waals surface area contributed by atoms with Crippen molar-refractivity contribution in [3.8, 4) is 22.5 Å². The zero-order chi connectivity index (χ0) is 48.7. The maximum absolute atomic E-state index is 15.1. The number of carbonyl (C=O) groups excluding carboxylic acids is 1. The van der Waals surface area contributed by atoms with Gasteiger partial charge in [0.2, 0.25) is 5.91 Å². The summed E-state index contributed by atoms with van der Waals surface area (Å²) in [5, 5.41) is 13.5. The lowest BCUT2D eigenvalue weighted by atomic mass is 9.84. The zero-order valence-electron chi connectivity index (χ0n) is 42.7. The highest BCUT2D eigenvalue weighted by molar-refractivity contribution is 7.10. The summed E-state index contributed by atoms with van der Waals surface area (Å²) in [5.41, 5.74) is 13.4. The SMILES string of the molecule is C=C(C)OCC(C)(C)Cc1c(-c2cccnc2C(C)C)n(CC)c2ccc(-c3csc(CC(NC(=O)C(C4CCCC4)N4CCC(CN(CC)C(=C)NCC)C4=C)C(=C)N4CCCCN4)n3)cc12. The maximum Gasteiger partial charge on any atom is 0.243 e. The molecule has 2 saturated heterocycles. The largest absolute Gasteiger partial charge is 0.498 e. The van der Waals surface area contributed by atoms with E-state index in [0.717, 1.165) is 142 Å². The van der Waals surface area contributed by atoms with Gasteiger partial charge in [-0.1, -0.05) is 72.9 Å². The fraction of sp³-hybridized carbons (Fsp3) is 0.554. The molecule has 11 nitrogen and oxygen atoms in total. The number of aryl methyl sites for hydroxylation is 1. The van der Waals surface area contributed by atoms with Crippen molar-refractivity contribution in [3.05, 3.63) is 107 Å². The number of nitrogens with zero attached hydrogens (tertiary/aromatic N) is 6. The van der Waals surface area contributed by atoms with Crippen LogP contribution in [0.4, 0.5) is 0 Å². The number of benzene rings is 1. The number of aromatic nitrogens is 3. The van der Waals surface area contributed by atoms with E-state index in [9.17, 15) is 0 Å². The molecule has 1 amide bonds. The number of fused-ring (bicyclic) bond motifs is 1. The topological polar surface area (TPSA) is 103 Å². The van der Waals surface area contributed by atoms with Crippen molar-refractivity contribution in [2.45, 2.75) is 138 Å². The molecule has 12 heteroatoms. The molecule has 3 N–H and O–H groups in total. The summed E-state index contributed by atoms with van der Waals surface area (Å²) in [6.07, 6.45) is 10.8. The smallest absolute Gasteiger partial charge is 0.243 e. The number of ether oxygens (including phenoxy) is 1. The first-order chi connectivity index (χ1) is 32.6. The molecular formula is C56H81N9O2S. The molecule has 7 rings (SSSR count). The lowest BCUT2D eigenvalue weighted by molar-refractivity contribution is -0.128. The molecule has 3 aliphatic rings. The minimum atomic E-state index is -0.338. The minimum Gasteiger partial charge on any atom is -0.498 e. The van der Waals surface area contributed by atoms with E-state index in [1.807, 2.05) is 13.1 Å². The summed E-state index contributed by atoms with van der Waals surface area (Å²) in [5.74, 6) is 2.55. The Hall–Kier alpha value is -5.07. The Labute approximate surface area is 412 Å². The molecule has 2 aliphatic heterocycles. The zero-order valence-corrected chi connectivity index (χ0v) is 43.5. The fourth-order valence-electron chi connectivity index (χ4n) is 10.9. The third-order valence-corrected chi connectivity index (χ3v) is 15.4. The second kappa shape index (κ2) is 22.6. The van der Waals surface area contributed by atoms with Crippen molar-refractivity contribution in [1.29, 1.82) is 0 Å². The molecule has 5 heterocycles. The van der Waals surface area contributed by atoms with Gasteiger partial charge in [-0.3, -0.25) is 9.78 Å². The number of nitrogens with one attached hydrogen (secondary N) is 3. The fourth-order valence-corrected chi connectivity index (χ4v) is 11.8. The Balaban J connectivity index is 1.20. The highest BCUT2D eigenvalue weighted by Crippen LogP contribution is 2.42. The molecule has 3 unspecified atom stereocenters. The van der Waals surface area contributed by atoms with Crippen LogP contribution in [0.1, 0.15) is 123 Å². The monoisotopic (exact) mass is 944 g/mol. The average molecular weight is 944 g/mol. The van der Waals surface area contributed by atoms with E-state index in [1.54, 1.807) is 11.3 Å². The number of allylic oxidation sites excluding steroid dienone is 1. The van der Waals surface area contributed by atoms with Crippen molar-refractivity contribution in [1.82, 2.24) is 45.4 Å². The van der Waals surface area contributed by atoms with Crippen LogP contribution in [0, 0.1) is 17.3 Å². The van der Waals surface area contributed by atoms with Crippen LogP contribution in [0.3, 0.4) is 0 Å². The van der Waals surface area contributed by atoms with E-state index >= 15 is 4.79 Å². The molecule has 1 saturated carbocycles. The van der Waals surface area contributed by atoms with Gasteiger partial charge in [0, 0.05) is 109 Å². The van der Waals surface area contributed by atoms with Crippen molar-refractivity contribution >= 4 is 28.1 Å². The van der Waals surface area contributed by atoms with Gasteiger partial charge in [0.15, 0.2) is 0 Å². The first-order valence-electron chi connectivity index (χ1n) is 25.6. The predicted octanol–water partition coefficient (Wildman–Crippen LogP) is 11.0. The maximum atomic E-state index is 15.1. The van der Waals surface area contributed by atoms with E-state index in [2.05, 4.69) is 146 Å². The number of amides is 1. The number of hydrazine groups is 1. The minimum absolute atomic E-state index is 0.0723. The highest BCUT2D eigenvalue weighted by Gasteiger charge is 2.42. The third kappa shape index (κ3) is 11.5. The van der Waals surface area contributed by atoms with Crippen LogP contribution in [-0.4, -0.2) is 93.2 Å². The molecule has 4 aromatic rings. The normalized spacial score (nSPS) is 17.8. The van der Waals surface area contributed by atoms with Gasteiger partial charge in [-0.2, -0.15) is 0 Å². The summed E-state index contributed by atoms with van der Waals surface area (Å²) in [4.78, 5) is 30.0. The molecule has 3 atom stereocenters. The molecule has 0 bridgehead atoms. The van der Waals surface area contributed by atoms with Crippen LogP contribution in [0.25, 0.3) is 33.4 Å². The standard InChI is InChI=1S/C56H81N9O2S/c1-13-57-41(10)62(14-2)34-44-26-30-64(39(44)8)53(42-21-16-17-22-42)55(66)61-48(40(9)65-29-19-18-28-59-65)32-51-60-49(35-68-51)43-24-25-50-46(31-43)47(33-56(11,12)36-67-38(6)7)54(63(50)15-3)45-23-20-27-58-52(45)37(4)5/h20,23-25,27,31,35,37,42,44,48,53,57,59H,6,8-10,13-19,21-22,26,28-30,32-34,36H2,1-5,7,11-12H3,(H,61,66). The summed E-state index contributed by atoms with van der Waals surface area (Å²) in [7, 11) is 0. The number of pyridine rings is 1. The van der Waals surface area contributed by atoms with E-state index in [4.69, 9.17) is 14.7 Å². The lowest BCUT2D eigenvalue weighted by Crippen LogP contribution is -2.55. The van der Waals surface area contributed by atoms with Gasteiger partial charge in [-0.25, -0.2) is 10.4 Å². The first-order valence-corrected chi connectivity index (χ1v) is 26.5. The quantitative estimate of drug-likeness (QED) is 0.0628. The Morgan fingerprint density at radius 3 is 2.51 bits per heavy atom. The predicted molar refractivity (Wildman–Crippen MR) is 283 cm³/mol. The van der Waals surface area contributed by atoms with E-state index in [0.29, 0.717) is 13.0 Å². The van der Waals surface area contributed by atoms with Gasteiger partial charge in [0.05, 0.1) is 46.3 Å². The lowest BCUT2D eigenvalue weighted by Gasteiger charge is -2.38. The second-order valence-corrected chi connectivity index (χ2v) is 21.5. The van der Waals surface area contributed by atoms with Crippen LogP contribution < -0.4 is 16.1 Å². The molecule has 0 radical (unpaired) electrons. The number of thiazole rings is 1. The van der Waals surface area contributed by atoms with Gasteiger partial charge in [-0.05, 0) is 108 Å². The molecule has 68 heavy (non-hydrogen) atoms. The number of hydrogen-bond acceptors (Lipinski definition) is 10. The van der Waals surface area contributed by atoms with Gasteiger partial charge in [-0.15, -0.1) is 11.3 Å². The summed E-state index contributed by atoms with van der Waals surface area (Å²) < 4.78 is 8.53. The number of rotatable bonds is 23. The van der Waals surface area contributed by atoms with Gasteiger partial charge in [0.25, 0.3) is 0 Å². The summed E-state index contributed by atoms with van der Waals surface area (Å²) in [6, 6.07) is 10.5. The number of carbonyl (C=O) groups is 1. The Morgan fingerprint density at radius 2 is 1.84 bits per heavy atom. The van der Waals surface area contributed by atoms with Crippen molar-refractivity contribution in [3.63, 3.8) is 0 Å². The summed E-state index contributed by atoms with van der Waals surface area (Å²) in [6.45, 7) is 41.6. The van der Waals surface area contributed by atoms with Crippen molar-refractivity contribution < 1.29 is 9.53 Å². The first kappa shape index (κ1) is 50.8. The van der Waals surface area contributed by atoms with Crippen molar-refractivity contribution in [2.24, 2.45) is 17.3 Å². The Kier molecular flexibility index (Phi) is 16.9. The molecule has 3 aromatic heterocycles. The molecule has 368 valence electrons. The Morgan fingerprint density at radius 1 is 1.06 bits per heavy atom. The van der Waals surface area contributed by atoms with E-state index < -0.39 is 0 Å². The number of hydrogen-bond donors (Lipinski definition) is 3. The van der Waals surface area contributed by atoms with Gasteiger partial charge in [0.1, 0.15) is 6.04 Å². The van der Waals surface area contributed by atoms with E-state index in [1.165, 1.54) is 27.7 Å². The number of likely N-dealkylation sites (tertiary alicyclic amines) is 1. The van der Waals surface area contributed by atoms with Gasteiger partial charge < -0.3 is 34.7 Å². The third-order valence-electron chi connectivity index (χ3n) is 14.5. The molecule has 0 spiro atoms. The van der Waals surface area contributed by atoms with Crippen molar-refractivity contribution in [2.75, 3.05) is 45.9 Å². The van der Waals surface area contributed by atoms with Gasteiger partial charge >= 0.3 is 0 Å². The Bertz CT molecular complexity index is 2420. The summed E-state index contributed by atoms with van der Waals surface area (Å²) >= 11 is 1.66. The van der Waals surface area contributed by atoms with Crippen LogP contribution in [0.15, 0.2) is 91.2 Å². The molecule has 3 fully saturated rings. The van der Waals surface area contributed by atoms with Crippen LogP contribution in [0.2, 0.25) is 0 Å². The average Bonchev–Trinajstić information content (AvgIpc) is 4.15. The van der Waals surface area contributed by atoms with Crippen LogP contribution in [-0.2, 0) is 28.9 Å². The highest BCUT2D eigenvalue weighted by atomic mass is 32.1. The van der Waals surface area contributed by atoms with Crippen LogP contribution in [0.5, 0.6) is 0 Å². The van der Waals surface area contributed by atoms with E-state index in [-0.39, 0.29) is 41.2 Å². The molecular weight excluding hydrogens is 863 g/mol. The molecule has 1 aliphatic carbocycles. The molecule has 1 aromatic carbocycles. The van der Waals surface area contributed by atoms with Crippen LogP contribution >= 0.6 is 11.3 Å². The second-order valence-electron chi connectivity index (χ2n) is 20.6.